The lowest BCUT2D eigenvalue weighted by Crippen LogP contribution is -2.40. The van der Waals surface area contributed by atoms with Gasteiger partial charge in [0, 0.05) is 44.1 Å². The minimum atomic E-state index is 0.0770. The Kier molecular flexibility index (Phi) is 6.78. The molecule has 0 spiro atoms. The number of rotatable bonds is 6. The highest BCUT2D eigenvalue weighted by Crippen LogP contribution is 2.26. The highest BCUT2D eigenvalue weighted by atomic mass is 16.5. The molecule has 5 nitrogen and oxygen atoms in total. The molecule has 1 amide bonds. The van der Waals surface area contributed by atoms with E-state index in [0.29, 0.717) is 12.0 Å². The fourth-order valence-corrected chi connectivity index (χ4v) is 4.66. The zero-order chi connectivity index (χ0) is 19.9. The fraction of sp³-hybridized carbons (Fsp3) is 0.500. The van der Waals surface area contributed by atoms with Gasteiger partial charge in [-0.05, 0) is 49.4 Å². The summed E-state index contributed by atoms with van der Waals surface area (Å²) >= 11 is 0. The van der Waals surface area contributed by atoms with Crippen molar-refractivity contribution in [3.05, 3.63) is 60.4 Å². The van der Waals surface area contributed by atoms with Crippen LogP contribution in [0.15, 0.2) is 54.7 Å². The summed E-state index contributed by atoms with van der Waals surface area (Å²) in [6, 6.07) is 16.4. The van der Waals surface area contributed by atoms with Crippen molar-refractivity contribution < 1.29 is 9.53 Å². The maximum atomic E-state index is 12.9. The van der Waals surface area contributed by atoms with Crippen molar-refractivity contribution in [1.29, 1.82) is 0 Å². The minimum absolute atomic E-state index is 0.0770. The van der Waals surface area contributed by atoms with Gasteiger partial charge in [0.15, 0.2) is 6.61 Å². The molecule has 0 N–H and O–H groups in total. The highest BCUT2D eigenvalue weighted by Gasteiger charge is 2.31. The van der Waals surface area contributed by atoms with Gasteiger partial charge in [-0.3, -0.25) is 14.7 Å². The maximum Gasteiger partial charge on any atom is 0.260 e. The van der Waals surface area contributed by atoms with Gasteiger partial charge in [0.05, 0.1) is 0 Å². The maximum absolute atomic E-state index is 12.9. The zero-order valence-electron chi connectivity index (χ0n) is 17.1. The molecular formula is C24H31N3O2. The Hall–Kier alpha value is -2.40. The second-order valence-electron chi connectivity index (χ2n) is 8.27. The van der Waals surface area contributed by atoms with E-state index < -0.39 is 0 Å². The largest absolute Gasteiger partial charge is 0.484 e. The lowest BCUT2D eigenvalue weighted by molar-refractivity contribution is -0.133. The van der Waals surface area contributed by atoms with E-state index in [2.05, 4.69) is 16.0 Å². The summed E-state index contributed by atoms with van der Waals surface area (Å²) in [5.41, 5.74) is 1.11. The number of hydrogen-bond acceptors (Lipinski definition) is 4. The van der Waals surface area contributed by atoms with Crippen LogP contribution >= 0.6 is 0 Å². The number of carbonyl (C=O) groups excluding carboxylic acids is 1. The van der Waals surface area contributed by atoms with E-state index in [4.69, 9.17) is 4.74 Å². The Labute approximate surface area is 173 Å². The lowest BCUT2D eigenvalue weighted by atomic mass is 10.0. The van der Waals surface area contributed by atoms with Crippen LogP contribution in [0.1, 0.15) is 31.4 Å². The first-order valence-corrected chi connectivity index (χ1v) is 10.9. The van der Waals surface area contributed by atoms with Crippen molar-refractivity contribution in [2.75, 3.05) is 32.8 Å². The van der Waals surface area contributed by atoms with E-state index in [1.165, 1.54) is 25.7 Å². The number of pyridine rings is 1. The van der Waals surface area contributed by atoms with Gasteiger partial charge in [-0.15, -0.1) is 0 Å². The molecule has 5 heteroatoms. The van der Waals surface area contributed by atoms with Crippen LogP contribution in [0.25, 0.3) is 0 Å². The number of ether oxygens (including phenoxy) is 1. The highest BCUT2D eigenvalue weighted by molar-refractivity contribution is 5.77. The Morgan fingerprint density at radius 2 is 1.79 bits per heavy atom. The van der Waals surface area contributed by atoms with Crippen molar-refractivity contribution >= 4 is 5.91 Å². The second kappa shape index (κ2) is 9.88. The number of benzene rings is 1. The van der Waals surface area contributed by atoms with Crippen molar-refractivity contribution in [3.8, 4) is 5.75 Å². The molecule has 1 atom stereocenters. The van der Waals surface area contributed by atoms with Gasteiger partial charge in [-0.25, -0.2) is 0 Å². The van der Waals surface area contributed by atoms with Crippen LogP contribution in [-0.4, -0.2) is 59.5 Å². The number of carbonyl (C=O) groups is 1. The van der Waals surface area contributed by atoms with E-state index in [-0.39, 0.29) is 12.5 Å². The molecule has 1 aromatic heterocycles. The summed E-state index contributed by atoms with van der Waals surface area (Å²) in [5, 5.41) is 0. The molecule has 154 valence electrons. The topological polar surface area (TPSA) is 45.7 Å². The van der Waals surface area contributed by atoms with E-state index in [0.717, 1.165) is 44.0 Å². The van der Waals surface area contributed by atoms with Crippen molar-refractivity contribution in [3.63, 3.8) is 0 Å². The Balaban J connectivity index is 1.41. The van der Waals surface area contributed by atoms with Gasteiger partial charge >= 0.3 is 0 Å². The third kappa shape index (κ3) is 5.57. The minimum Gasteiger partial charge on any atom is -0.484 e. The van der Waals surface area contributed by atoms with Crippen LogP contribution in [0.3, 0.4) is 0 Å². The number of hydrogen-bond donors (Lipinski definition) is 0. The van der Waals surface area contributed by atoms with E-state index in [1.54, 1.807) is 0 Å². The number of nitrogens with zero attached hydrogens (tertiary/aromatic N) is 3. The van der Waals surface area contributed by atoms with Crippen LogP contribution in [0.5, 0.6) is 5.75 Å². The second-order valence-corrected chi connectivity index (χ2v) is 8.27. The van der Waals surface area contributed by atoms with Crippen molar-refractivity contribution in [2.24, 2.45) is 5.92 Å². The molecule has 1 aliphatic heterocycles. The molecule has 1 saturated heterocycles. The monoisotopic (exact) mass is 393 g/mol. The molecule has 1 unspecified atom stereocenters. The van der Waals surface area contributed by atoms with Gasteiger partial charge in [-0.2, -0.15) is 0 Å². The molecule has 2 aromatic rings. The Bertz CT molecular complexity index is 762. The third-order valence-electron chi connectivity index (χ3n) is 6.15. The number of para-hydroxylation sites is 1. The SMILES string of the molecule is O=C(COc1ccccc1)N1CCN(C2CCCC2)CC(Cc2ccccn2)C1. The molecule has 1 saturated carbocycles. The van der Waals surface area contributed by atoms with Crippen LogP contribution in [0, 0.1) is 5.92 Å². The zero-order valence-corrected chi connectivity index (χ0v) is 17.1. The average Bonchev–Trinajstić information content (AvgIpc) is 3.22. The van der Waals surface area contributed by atoms with E-state index >= 15 is 0 Å². The van der Waals surface area contributed by atoms with Crippen LogP contribution in [0.4, 0.5) is 0 Å². The van der Waals surface area contributed by atoms with Gasteiger partial charge in [-0.1, -0.05) is 37.1 Å². The standard InChI is InChI=1S/C24H31N3O2/c28-24(19-29-23-11-2-1-3-12-23)27-15-14-26(22-9-4-5-10-22)17-20(18-27)16-21-8-6-7-13-25-21/h1-3,6-8,11-13,20,22H,4-5,9-10,14-19H2. The molecule has 2 aliphatic rings. The van der Waals surface area contributed by atoms with Gasteiger partial charge in [0.25, 0.3) is 5.91 Å². The van der Waals surface area contributed by atoms with Gasteiger partial charge < -0.3 is 9.64 Å². The van der Waals surface area contributed by atoms with E-state index in [1.807, 2.05) is 53.6 Å². The predicted octanol–water partition coefficient (Wildman–Crippen LogP) is 3.41. The molecule has 4 rings (SSSR count). The first-order valence-electron chi connectivity index (χ1n) is 10.9. The first-order chi connectivity index (χ1) is 14.3. The quantitative estimate of drug-likeness (QED) is 0.755. The fourth-order valence-electron chi connectivity index (χ4n) is 4.66. The summed E-state index contributed by atoms with van der Waals surface area (Å²) in [5.74, 6) is 1.22. The summed E-state index contributed by atoms with van der Waals surface area (Å²) in [7, 11) is 0. The predicted molar refractivity (Wildman–Crippen MR) is 114 cm³/mol. The average molecular weight is 394 g/mol. The van der Waals surface area contributed by atoms with Crippen molar-refractivity contribution in [1.82, 2.24) is 14.8 Å². The smallest absolute Gasteiger partial charge is 0.260 e. The molecule has 0 radical (unpaired) electrons. The summed E-state index contributed by atoms with van der Waals surface area (Å²) < 4.78 is 5.72. The van der Waals surface area contributed by atoms with Gasteiger partial charge in [0.1, 0.15) is 5.75 Å². The van der Waals surface area contributed by atoms with Gasteiger partial charge in [0.2, 0.25) is 0 Å². The number of amides is 1. The molecule has 2 heterocycles. The molecule has 0 bridgehead atoms. The number of aromatic nitrogens is 1. The summed E-state index contributed by atoms with van der Waals surface area (Å²) in [6.45, 7) is 3.66. The van der Waals surface area contributed by atoms with E-state index in [9.17, 15) is 4.79 Å². The molecule has 29 heavy (non-hydrogen) atoms. The van der Waals surface area contributed by atoms with Crippen molar-refractivity contribution in [2.45, 2.75) is 38.1 Å². The third-order valence-corrected chi connectivity index (χ3v) is 6.15. The van der Waals surface area contributed by atoms with Crippen LogP contribution in [-0.2, 0) is 11.2 Å². The first kappa shape index (κ1) is 19.9. The Morgan fingerprint density at radius 3 is 2.55 bits per heavy atom. The molecular weight excluding hydrogens is 362 g/mol. The molecule has 1 aliphatic carbocycles. The molecule has 2 fully saturated rings. The molecule has 1 aromatic carbocycles. The van der Waals surface area contributed by atoms with Crippen LogP contribution in [0.2, 0.25) is 0 Å². The summed E-state index contributed by atoms with van der Waals surface area (Å²) in [6.07, 6.45) is 8.02. The van der Waals surface area contributed by atoms with Crippen LogP contribution < -0.4 is 4.74 Å². The summed E-state index contributed by atoms with van der Waals surface area (Å²) in [4.78, 5) is 22.1. The normalized spacial score (nSPS) is 21.1. The Morgan fingerprint density at radius 1 is 1.00 bits per heavy atom. The lowest BCUT2D eigenvalue weighted by Gasteiger charge is -2.29.